The highest BCUT2D eigenvalue weighted by Crippen LogP contribution is 2.38. The summed E-state index contributed by atoms with van der Waals surface area (Å²) in [6.07, 6.45) is -1.48. The first kappa shape index (κ1) is 24.8. The van der Waals surface area contributed by atoms with Gasteiger partial charge in [-0.1, -0.05) is 0 Å². The lowest BCUT2D eigenvalue weighted by molar-refractivity contribution is -0.881. The Morgan fingerprint density at radius 2 is 1.71 bits per heavy atom. The molecular weight excluding hydrogens is 445 g/mol. The van der Waals surface area contributed by atoms with Crippen molar-refractivity contribution < 1.29 is 33.6 Å². The predicted molar refractivity (Wildman–Crippen MR) is 122 cm³/mol. The lowest BCUT2D eigenvalue weighted by Crippen LogP contribution is -2.57. The first-order valence-electron chi connectivity index (χ1n) is 12.1. The lowest BCUT2D eigenvalue weighted by Gasteiger charge is -2.49. The Labute approximate surface area is 198 Å². The molecule has 34 heavy (non-hydrogen) atoms. The van der Waals surface area contributed by atoms with Crippen LogP contribution in [-0.2, 0) is 9.59 Å². The molecule has 4 rings (SSSR count). The summed E-state index contributed by atoms with van der Waals surface area (Å²) in [6, 6.07) is 4.40. The van der Waals surface area contributed by atoms with Gasteiger partial charge in [0.05, 0.1) is 68.6 Å². The molecule has 9 nitrogen and oxygen atoms in total. The first-order chi connectivity index (χ1) is 16.1. The predicted octanol–water partition coefficient (Wildman–Crippen LogP) is 1.25. The maximum atomic E-state index is 13.9. The highest BCUT2D eigenvalue weighted by Gasteiger charge is 2.52. The minimum absolute atomic E-state index is 0.0604. The normalized spacial score (nSPS) is 29.0. The van der Waals surface area contributed by atoms with E-state index >= 15 is 0 Å². The number of carbonyl (C=O) groups excluding carboxylic acids is 2. The van der Waals surface area contributed by atoms with Crippen molar-refractivity contribution in [1.29, 1.82) is 0 Å². The third kappa shape index (κ3) is 5.05. The van der Waals surface area contributed by atoms with Crippen molar-refractivity contribution in [1.82, 2.24) is 4.90 Å². The van der Waals surface area contributed by atoms with Gasteiger partial charge in [-0.25, -0.2) is 4.39 Å². The molecule has 4 atom stereocenters. The molecule has 3 fully saturated rings. The average Bonchev–Trinajstić information content (AvgIpc) is 3.00. The molecule has 0 aromatic heterocycles. The number of ether oxygens (including phenoxy) is 1. The monoisotopic (exact) mass is 479 g/mol. The quantitative estimate of drug-likeness (QED) is 0.344. The third-order valence-electron chi connectivity index (χ3n) is 7.21. The van der Waals surface area contributed by atoms with E-state index in [2.05, 4.69) is 0 Å². The zero-order chi connectivity index (χ0) is 24.6. The summed E-state index contributed by atoms with van der Waals surface area (Å²) in [5.74, 6) is -1.57. The number of quaternary nitrogens is 1. The minimum atomic E-state index is -0.991. The third-order valence-corrected chi connectivity index (χ3v) is 7.21. The number of anilines is 1. The van der Waals surface area contributed by atoms with E-state index < -0.39 is 28.7 Å². The van der Waals surface area contributed by atoms with Crippen LogP contribution in [0, 0.1) is 22.9 Å². The zero-order valence-corrected chi connectivity index (χ0v) is 19.7. The summed E-state index contributed by atoms with van der Waals surface area (Å²) in [5.41, 5.74) is 0.639. The number of nitrogens with zero attached hydrogens (tertiary/aromatic N) is 3. The standard InChI is InChI=1S/C24H34FN3O6/c1-15(2)34-22-5-4-16(25)12-19(22)26-7-10-28(33,11-8-26)9-3-6-27-23(31)17-13-20(29)21(30)14-18(17)24(27)32/h4-5,12,15,17-18,20-21,29-30H,3,6-11,13-14H2,1-2H3. The molecule has 1 aromatic rings. The summed E-state index contributed by atoms with van der Waals surface area (Å²) >= 11 is 0. The first-order valence-corrected chi connectivity index (χ1v) is 12.1. The maximum Gasteiger partial charge on any atom is 0.233 e. The molecule has 1 saturated carbocycles. The van der Waals surface area contributed by atoms with Gasteiger partial charge in [-0.15, -0.1) is 0 Å². The maximum absolute atomic E-state index is 13.9. The number of hydrogen-bond donors (Lipinski definition) is 2. The van der Waals surface area contributed by atoms with E-state index in [-0.39, 0.29) is 49.7 Å². The second-order valence-corrected chi connectivity index (χ2v) is 10.00. The number of piperazine rings is 1. The number of rotatable bonds is 7. The molecule has 2 amide bonds. The number of halogens is 1. The molecule has 2 N–H and O–H groups in total. The van der Waals surface area contributed by atoms with Crippen LogP contribution in [0.2, 0.25) is 0 Å². The van der Waals surface area contributed by atoms with Gasteiger partial charge in [0.2, 0.25) is 11.8 Å². The number of hydrogen-bond acceptors (Lipinski definition) is 7. The average molecular weight is 480 g/mol. The molecule has 2 saturated heterocycles. The van der Waals surface area contributed by atoms with Crippen molar-refractivity contribution in [3.8, 4) is 5.75 Å². The molecule has 1 aliphatic carbocycles. The largest absolute Gasteiger partial charge is 0.633 e. The van der Waals surface area contributed by atoms with E-state index in [0.717, 1.165) is 0 Å². The number of likely N-dealkylation sites (tertiary alicyclic amines) is 1. The molecule has 0 spiro atoms. The van der Waals surface area contributed by atoms with Gasteiger partial charge < -0.3 is 29.7 Å². The van der Waals surface area contributed by atoms with E-state index in [1.165, 1.54) is 17.0 Å². The van der Waals surface area contributed by atoms with Crippen molar-refractivity contribution >= 4 is 17.5 Å². The Kier molecular flexibility index (Phi) is 7.14. The number of carbonyl (C=O) groups is 2. The molecule has 188 valence electrons. The van der Waals surface area contributed by atoms with Crippen LogP contribution < -0.4 is 9.64 Å². The van der Waals surface area contributed by atoms with Gasteiger partial charge in [0.1, 0.15) is 11.6 Å². The molecule has 0 bridgehead atoms. The van der Waals surface area contributed by atoms with Crippen LogP contribution in [0.3, 0.4) is 0 Å². The van der Waals surface area contributed by atoms with E-state index in [4.69, 9.17) is 4.74 Å². The van der Waals surface area contributed by atoms with Crippen LogP contribution in [-0.4, -0.2) is 89.2 Å². The number of benzene rings is 1. The van der Waals surface area contributed by atoms with Crippen molar-refractivity contribution in [2.45, 2.75) is 51.4 Å². The molecule has 2 heterocycles. The van der Waals surface area contributed by atoms with Crippen molar-refractivity contribution in [3.63, 3.8) is 0 Å². The zero-order valence-electron chi connectivity index (χ0n) is 19.7. The molecule has 10 heteroatoms. The molecule has 2 aliphatic heterocycles. The topological polar surface area (TPSA) is 113 Å². The second kappa shape index (κ2) is 9.77. The summed E-state index contributed by atoms with van der Waals surface area (Å²) in [7, 11) is 0. The van der Waals surface area contributed by atoms with Crippen LogP contribution in [0.25, 0.3) is 0 Å². The SMILES string of the molecule is CC(C)Oc1ccc(F)cc1N1CC[N+]([O-])(CCCN2C(=O)C3CC(O)C(O)CC3C2=O)CC1. The summed E-state index contributed by atoms with van der Waals surface area (Å²) in [5, 5.41) is 33.0. The van der Waals surface area contributed by atoms with Crippen LogP contribution >= 0.6 is 0 Å². The van der Waals surface area contributed by atoms with Crippen LogP contribution in [0.1, 0.15) is 33.1 Å². The fraction of sp³-hybridized carbons (Fsp3) is 0.667. The van der Waals surface area contributed by atoms with Gasteiger partial charge >= 0.3 is 0 Å². The van der Waals surface area contributed by atoms with Gasteiger partial charge in [0, 0.05) is 19.0 Å². The fourth-order valence-electron chi connectivity index (χ4n) is 5.34. The van der Waals surface area contributed by atoms with E-state index in [1.807, 2.05) is 18.7 Å². The van der Waals surface area contributed by atoms with Gasteiger partial charge in [0.25, 0.3) is 0 Å². The number of aliphatic hydroxyl groups excluding tert-OH is 2. The van der Waals surface area contributed by atoms with Crippen LogP contribution in [0.4, 0.5) is 10.1 Å². The van der Waals surface area contributed by atoms with Gasteiger partial charge in [-0.05, 0) is 38.8 Å². The minimum Gasteiger partial charge on any atom is -0.633 e. The highest BCUT2D eigenvalue weighted by atomic mass is 19.1. The molecule has 3 aliphatic rings. The number of amides is 2. The molecule has 0 radical (unpaired) electrons. The van der Waals surface area contributed by atoms with Crippen molar-refractivity contribution in [2.75, 3.05) is 44.2 Å². The number of hydroxylamine groups is 3. The van der Waals surface area contributed by atoms with E-state index in [1.54, 1.807) is 6.07 Å². The molecular formula is C24H34FN3O6. The van der Waals surface area contributed by atoms with Gasteiger partial charge in [0.15, 0.2) is 0 Å². The van der Waals surface area contributed by atoms with Crippen molar-refractivity contribution in [2.24, 2.45) is 11.8 Å². The fourth-order valence-corrected chi connectivity index (χ4v) is 5.34. The van der Waals surface area contributed by atoms with Crippen molar-refractivity contribution in [3.05, 3.63) is 29.2 Å². The Balaban J connectivity index is 1.31. The summed E-state index contributed by atoms with van der Waals surface area (Å²) in [4.78, 5) is 28.5. The van der Waals surface area contributed by atoms with Crippen LogP contribution in [0.5, 0.6) is 5.75 Å². The summed E-state index contributed by atoms with van der Waals surface area (Å²) < 4.78 is 19.3. The lowest BCUT2D eigenvalue weighted by atomic mass is 9.78. The Morgan fingerprint density at radius 3 is 2.26 bits per heavy atom. The van der Waals surface area contributed by atoms with Gasteiger partial charge in [-0.2, -0.15) is 0 Å². The Morgan fingerprint density at radius 1 is 1.12 bits per heavy atom. The molecule has 1 aromatic carbocycles. The Hall–Kier alpha value is -2.27. The Bertz CT molecular complexity index is 892. The van der Waals surface area contributed by atoms with Crippen LogP contribution in [0.15, 0.2) is 18.2 Å². The van der Waals surface area contributed by atoms with E-state index in [0.29, 0.717) is 44.0 Å². The number of imide groups is 1. The number of fused-ring (bicyclic) bond motifs is 1. The smallest absolute Gasteiger partial charge is 0.233 e. The second-order valence-electron chi connectivity index (χ2n) is 10.00. The summed E-state index contributed by atoms with van der Waals surface area (Å²) in [6.45, 7) is 5.75. The highest BCUT2D eigenvalue weighted by molar-refractivity contribution is 6.05. The number of aliphatic hydroxyl groups is 2. The molecule has 4 unspecified atom stereocenters. The van der Waals surface area contributed by atoms with Gasteiger partial charge in [-0.3, -0.25) is 14.5 Å². The van der Waals surface area contributed by atoms with E-state index in [9.17, 15) is 29.4 Å².